The number of hydrogen-bond donors (Lipinski definition) is 0. The summed E-state index contributed by atoms with van der Waals surface area (Å²) >= 11 is 0. The van der Waals surface area contributed by atoms with Gasteiger partial charge in [0.2, 0.25) is 0 Å². The van der Waals surface area contributed by atoms with Gasteiger partial charge in [-0.05, 0) is 11.1 Å². The lowest BCUT2D eigenvalue weighted by Crippen LogP contribution is -2.37. The molecule has 0 unspecified atom stereocenters. The van der Waals surface area contributed by atoms with Gasteiger partial charge < -0.3 is 4.79 Å². The number of halogens is 2. The van der Waals surface area contributed by atoms with Gasteiger partial charge in [0.25, 0.3) is 6.43 Å². The molecule has 0 saturated heterocycles. The van der Waals surface area contributed by atoms with Crippen LogP contribution in [-0.2, 0) is 10.2 Å². The lowest BCUT2D eigenvalue weighted by Gasteiger charge is -2.28. The van der Waals surface area contributed by atoms with Gasteiger partial charge in [0.05, 0.1) is 0 Å². The molecule has 0 atom stereocenters. The van der Waals surface area contributed by atoms with E-state index in [4.69, 9.17) is 0 Å². The van der Waals surface area contributed by atoms with E-state index in [9.17, 15) is 13.6 Å². The predicted octanol–water partition coefficient (Wildman–Crippen LogP) is 3.44. The molecule has 2 rings (SSSR count). The summed E-state index contributed by atoms with van der Waals surface area (Å²) in [6, 6.07) is 16.3. The van der Waals surface area contributed by atoms with Gasteiger partial charge in [-0.25, -0.2) is 8.78 Å². The summed E-state index contributed by atoms with van der Waals surface area (Å²) < 4.78 is 27.0. The van der Waals surface area contributed by atoms with Crippen LogP contribution < -0.4 is 0 Å². The number of alkyl halides is 2. The topological polar surface area (TPSA) is 17.1 Å². The Morgan fingerprint density at radius 3 is 1.50 bits per heavy atom. The summed E-state index contributed by atoms with van der Waals surface area (Å²) in [7, 11) is 0. The summed E-state index contributed by atoms with van der Waals surface area (Å²) in [4.78, 5) is 11.4. The third-order valence-corrected chi connectivity index (χ3v) is 3.03. The fourth-order valence-corrected chi connectivity index (χ4v) is 2.03. The highest BCUT2D eigenvalue weighted by molar-refractivity contribution is 5.75. The minimum absolute atomic E-state index is 0.307. The van der Waals surface area contributed by atoms with Crippen LogP contribution in [0.5, 0.6) is 0 Å². The minimum atomic E-state index is -2.79. The van der Waals surface area contributed by atoms with E-state index in [0.29, 0.717) is 17.4 Å². The van der Waals surface area contributed by atoms with Crippen LogP contribution in [0.1, 0.15) is 11.1 Å². The van der Waals surface area contributed by atoms with Gasteiger partial charge in [0.15, 0.2) is 0 Å². The standard InChI is InChI=1S/C15H12F2O/c16-14(17)15(11-18,12-7-3-1-4-8-12)13-9-5-2-6-10-13/h1-11,14H. The van der Waals surface area contributed by atoms with Crippen LogP contribution in [0.2, 0.25) is 0 Å². The van der Waals surface area contributed by atoms with Gasteiger partial charge in [0, 0.05) is 0 Å². The number of aldehydes is 1. The number of carbonyl (C=O) groups excluding carboxylic acids is 1. The molecule has 0 radical (unpaired) electrons. The lowest BCUT2D eigenvalue weighted by atomic mass is 9.76. The lowest BCUT2D eigenvalue weighted by molar-refractivity contribution is -0.115. The van der Waals surface area contributed by atoms with Crippen molar-refractivity contribution < 1.29 is 13.6 Å². The molecule has 1 nitrogen and oxygen atoms in total. The fourth-order valence-electron chi connectivity index (χ4n) is 2.03. The first-order valence-electron chi connectivity index (χ1n) is 5.57. The third kappa shape index (κ3) is 1.92. The number of rotatable bonds is 4. The molecule has 0 fully saturated rings. The summed E-state index contributed by atoms with van der Waals surface area (Å²) in [5.74, 6) is 0. The zero-order valence-corrected chi connectivity index (χ0v) is 9.59. The SMILES string of the molecule is O=CC(c1ccccc1)(c1ccccc1)C(F)F. The van der Waals surface area contributed by atoms with Crippen LogP contribution in [-0.4, -0.2) is 12.7 Å². The Balaban J connectivity index is 2.65. The monoisotopic (exact) mass is 246 g/mol. The number of carbonyl (C=O) groups is 1. The van der Waals surface area contributed by atoms with E-state index >= 15 is 0 Å². The average molecular weight is 246 g/mol. The normalized spacial score (nSPS) is 11.5. The van der Waals surface area contributed by atoms with Gasteiger partial charge in [-0.1, -0.05) is 60.7 Å². The molecular weight excluding hydrogens is 234 g/mol. The molecule has 92 valence electrons. The van der Waals surface area contributed by atoms with Gasteiger partial charge in [-0.2, -0.15) is 0 Å². The molecule has 18 heavy (non-hydrogen) atoms. The average Bonchev–Trinajstić information content (AvgIpc) is 2.42. The minimum Gasteiger partial charge on any atom is -0.302 e. The second-order valence-electron chi connectivity index (χ2n) is 4.02. The smallest absolute Gasteiger partial charge is 0.258 e. The van der Waals surface area contributed by atoms with Gasteiger partial charge >= 0.3 is 0 Å². The van der Waals surface area contributed by atoms with Crippen LogP contribution in [0.25, 0.3) is 0 Å². The number of benzene rings is 2. The van der Waals surface area contributed by atoms with Crippen LogP contribution in [0, 0.1) is 0 Å². The summed E-state index contributed by atoms with van der Waals surface area (Å²) in [5, 5.41) is 0. The second kappa shape index (κ2) is 5.08. The van der Waals surface area contributed by atoms with Gasteiger partial charge in [0.1, 0.15) is 11.7 Å². The molecule has 2 aromatic carbocycles. The van der Waals surface area contributed by atoms with Crippen molar-refractivity contribution in [2.24, 2.45) is 0 Å². The van der Waals surface area contributed by atoms with Crippen molar-refractivity contribution in [1.82, 2.24) is 0 Å². The first-order chi connectivity index (χ1) is 8.71. The molecule has 3 heteroatoms. The Kier molecular flexibility index (Phi) is 3.51. The molecule has 0 spiro atoms. The quantitative estimate of drug-likeness (QED) is 0.755. The molecule has 0 aliphatic carbocycles. The van der Waals surface area contributed by atoms with Gasteiger partial charge in [-0.3, -0.25) is 0 Å². The van der Waals surface area contributed by atoms with Crippen molar-refractivity contribution in [2.45, 2.75) is 11.8 Å². The molecule has 0 amide bonds. The highest BCUT2D eigenvalue weighted by atomic mass is 19.3. The van der Waals surface area contributed by atoms with E-state index in [2.05, 4.69) is 0 Å². The van der Waals surface area contributed by atoms with Crippen molar-refractivity contribution >= 4 is 6.29 Å². The maximum absolute atomic E-state index is 13.5. The van der Waals surface area contributed by atoms with Crippen LogP contribution >= 0.6 is 0 Å². The molecule has 2 aromatic rings. The maximum Gasteiger partial charge on any atom is 0.258 e. The highest BCUT2D eigenvalue weighted by Gasteiger charge is 2.43. The largest absolute Gasteiger partial charge is 0.302 e. The Morgan fingerprint density at radius 2 is 1.22 bits per heavy atom. The Hall–Kier alpha value is -2.03. The summed E-state index contributed by atoms with van der Waals surface area (Å²) in [6.07, 6.45) is -2.46. The van der Waals surface area contributed by atoms with E-state index in [1.807, 2.05) is 0 Å². The van der Waals surface area contributed by atoms with Crippen molar-refractivity contribution in [3.05, 3.63) is 71.8 Å². The van der Waals surface area contributed by atoms with Crippen LogP contribution in [0.3, 0.4) is 0 Å². The molecule has 0 heterocycles. The Morgan fingerprint density at radius 1 is 0.833 bits per heavy atom. The number of hydrogen-bond acceptors (Lipinski definition) is 1. The van der Waals surface area contributed by atoms with E-state index in [1.54, 1.807) is 60.7 Å². The van der Waals surface area contributed by atoms with E-state index in [0.717, 1.165) is 0 Å². The molecule has 0 N–H and O–H groups in total. The molecule has 0 bridgehead atoms. The van der Waals surface area contributed by atoms with Crippen LogP contribution in [0.15, 0.2) is 60.7 Å². The van der Waals surface area contributed by atoms with Crippen molar-refractivity contribution in [3.63, 3.8) is 0 Å². The predicted molar refractivity (Wildman–Crippen MR) is 65.7 cm³/mol. The van der Waals surface area contributed by atoms with Crippen molar-refractivity contribution in [2.75, 3.05) is 0 Å². The molecular formula is C15H12F2O. The maximum atomic E-state index is 13.5. The fraction of sp³-hybridized carbons (Fsp3) is 0.133. The van der Waals surface area contributed by atoms with Crippen molar-refractivity contribution in [1.29, 1.82) is 0 Å². The second-order valence-corrected chi connectivity index (χ2v) is 4.02. The third-order valence-electron chi connectivity index (χ3n) is 3.03. The van der Waals surface area contributed by atoms with Crippen LogP contribution in [0.4, 0.5) is 8.78 Å². The van der Waals surface area contributed by atoms with Gasteiger partial charge in [-0.15, -0.1) is 0 Å². The van der Waals surface area contributed by atoms with E-state index in [1.165, 1.54) is 0 Å². The summed E-state index contributed by atoms with van der Waals surface area (Å²) in [6.45, 7) is 0. The first kappa shape index (κ1) is 12.4. The Labute approximate surface area is 104 Å². The molecule has 0 aromatic heterocycles. The highest BCUT2D eigenvalue weighted by Crippen LogP contribution is 2.36. The molecule has 0 aliphatic heterocycles. The Bertz CT molecular complexity index is 469. The zero-order chi connectivity index (χ0) is 13.0. The van der Waals surface area contributed by atoms with Crippen molar-refractivity contribution in [3.8, 4) is 0 Å². The molecule has 0 saturated carbocycles. The van der Waals surface area contributed by atoms with E-state index in [-0.39, 0.29) is 0 Å². The summed E-state index contributed by atoms with van der Waals surface area (Å²) in [5.41, 5.74) is -1.27. The van der Waals surface area contributed by atoms with E-state index < -0.39 is 11.8 Å². The first-order valence-corrected chi connectivity index (χ1v) is 5.57. The molecule has 0 aliphatic rings. The zero-order valence-electron chi connectivity index (χ0n) is 9.59.